The number of nitrogens with one attached hydrogen (secondary N) is 2. The van der Waals surface area contributed by atoms with Crippen LogP contribution in [0.15, 0.2) is 24.3 Å². The summed E-state index contributed by atoms with van der Waals surface area (Å²) in [6.45, 7) is 5.88. The van der Waals surface area contributed by atoms with Gasteiger partial charge in [-0.15, -0.1) is 6.42 Å². The highest BCUT2D eigenvalue weighted by molar-refractivity contribution is 5.93. The van der Waals surface area contributed by atoms with E-state index < -0.39 is 23.6 Å². The van der Waals surface area contributed by atoms with E-state index in [1.165, 1.54) is 4.90 Å². The second-order valence-corrected chi connectivity index (χ2v) is 10.4. The lowest BCUT2D eigenvalue weighted by Crippen LogP contribution is -2.57. The molecule has 1 aromatic carbocycles. The van der Waals surface area contributed by atoms with Gasteiger partial charge in [-0.25, -0.2) is 0 Å². The summed E-state index contributed by atoms with van der Waals surface area (Å²) in [7, 11) is 0. The van der Waals surface area contributed by atoms with Gasteiger partial charge in [0.1, 0.15) is 18.4 Å². The number of rotatable bonds is 12. The molecule has 1 aliphatic heterocycles. The predicted molar refractivity (Wildman–Crippen MR) is 138 cm³/mol. The Balaban J connectivity index is 2.00. The standard InChI is InChI=1S/C28H39N3O5/c1-5-20-12-14-21(15-13-20)18-29-26(35)23-17-22(33)19-31(23)27(36)25(28(2,3)4)30-24(34)11-9-7-6-8-10-16-32/h1,12-16,22-23,25,33H,6-11,17-19H2,2-4H3,(H,29,35)(H,30,34)/t22-,23+,25-/m1/s1. The molecule has 3 atom stereocenters. The van der Waals surface area contributed by atoms with Gasteiger partial charge in [0.05, 0.1) is 6.10 Å². The summed E-state index contributed by atoms with van der Waals surface area (Å²) >= 11 is 0. The minimum atomic E-state index is -0.836. The van der Waals surface area contributed by atoms with Crippen LogP contribution in [-0.2, 0) is 25.7 Å². The van der Waals surface area contributed by atoms with Crippen molar-refractivity contribution < 1.29 is 24.3 Å². The van der Waals surface area contributed by atoms with Crippen molar-refractivity contribution in [3.63, 3.8) is 0 Å². The van der Waals surface area contributed by atoms with Crippen LogP contribution in [0.25, 0.3) is 0 Å². The first-order valence-electron chi connectivity index (χ1n) is 12.6. The fourth-order valence-corrected chi connectivity index (χ4v) is 4.25. The zero-order valence-corrected chi connectivity index (χ0v) is 21.6. The first-order chi connectivity index (χ1) is 17.1. The molecule has 36 heavy (non-hydrogen) atoms. The van der Waals surface area contributed by atoms with E-state index in [0.29, 0.717) is 12.8 Å². The van der Waals surface area contributed by atoms with Crippen LogP contribution >= 0.6 is 0 Å². The molecular formula is C28H39N3O5. The monoisotopic (exact) mass is 497 g/mol. The molecule has 1 aliphatic rings. The van der Waals surface area contributed by atoms with Gasteiger partial charge in [-0.3, -0.25) is 14.4 Å². The normalized spacial score (nSPS) is 18.2. The molecule has 0 aromatic heterocycles. The van der Waals surface area contributed by atoms with Crippen LogP contribution in [-0.4, -0.2) is 58.7 Å². The fraction of sp³-hybridized carbons (Fsp3) is 0.571. The summed E-state index contributed by atoms with van der Waals surface area (Å²) < 4.78 is 0. The third-order valence-corrected chi connectivity index (χ3v) is 6.35. The van der Waals surface area contributed by atoms with Crippen LogP contribution < -0.4 is 10.6 Å². The number of amides is 3. The van der Waals surface area contributed by atoms with Crippen molar-refractivity contribution in [2.24, 2.45) is 5.41 Å². The Morgan fingerprint density at radius 1 is 1.17 bits per heavy atom. The van der Waals surface area contributed by atoms with Crippen LogP contribution in [0.4, 0.5) is 0 Å². The van der Waals surface area contributed by atoms with Gasteiger partial charge < -0.3 is 25.4 Å². The Morgan fingerprint density at radius 3 is 2.44 bits per heavy atom. The Kier molecular flexibility index (Phi) is 11.1. The molecule has 1 fully saturated rings. The van der Waals surface area contributed by atoms with Crippen molar-refractivity contribution in [3.05, 3.63) is 35.4 Å². The van der Waals surface area contributed by atoms with Crippen LogP contribution in [0.3, 0.4) is 0 Å². The summed E-state index contributed by atoms with van der Waals surface area (Å²) in [6.07, 6.45) is 9.60. The van der Waals surface area contributed by atoms with Gasteiger partial charge in [0.2, 0.25) is 17.7 Å². The summed E-state index contributed by atoms with van der Waals surface area (Å²) in [5, 5.41) is 16.0. The van der Waals surface area contributed by atoms with Crippen LogP contribution in [0, 0.1) is 17.8 Å². The smallest absolute Gasteiger partial charge is 0.246 e. The number of unbranched alkanes of at least 4 members (excludes halogenated alkanes) is 4. The van der Waals surface area contributed by atoms with Gasteiger partial charge in [0.15, 0.2) is 0 Å². The summed E-state index contributed by atoms with van der Waals surface area (Å²) in [5.41, 5.74) is 1.02. The number of nitrogens with zero attached hydrogens (tertiary/aromatic N) is 1. The molecule has 1 heterocycles. The lowest BCUT2D eigenvalue weighted by atomic mass is 9.85. The highest BCUT2D eigenvalue weighted by atomic mass is 16.3. The van der Waals surface area contributed by atoms with Crippen molar-refractivity contribution in [2.75, 3.05) is 6.54 Å². The minimum Gasteiger partial charge on any atom is -0.391 e. The van der Waals surface area contributed by atoms with Gasteiger partial charge in [-0.2, -0.15) is 0 Å². The van der Waals surface area contributed by atoms with Gasteiger partial charge in [-0.05, 0) is 36.0 Å². The van der Waals surface area contributed by atoms with E-state index in [1.807, 2.05) is 32.9 Å². The molecule has 0 aliphatic carbocycles. The molecular weight excluding hydrogens is 458 g/mol. The summed E-state index contributed by atoms with van der Waals surface area (Å²) in [5.74, 6) is 1.59. The Morgan fingerprint density at radius 2 is 1.83 bits per heavy atom. The molecule has 0 unspecified atom stereocenters. The lowest BCUT2D eigenvalue weighted by molar-refractivity contribution is -0.144. The average Bonchev–Trinajstić information content (AvgIpc) is 3.24. The number of aliphatic hydroxyl groups excluding tert-OH is 1. The van der Waals surface area contributed by atoms with Gasteiger partial charge in [0, 0.05) is 37.9 Å². The second kappa shape index (κ2) is 13.8. The van der Waals surface area contributed by atoms with E-state index in [2.05, 4.69) is 16.6 Å². The topological polar surface area (TPSA) is 116 Å². The number of likely N-dealkylation sites (tertiary alicyclic amines) is 1. The van der Waals surface area contributed by atoms with Crippen LogP contribution in [0.1, 0.15) is 76.8 Å². The number of terminal acetylenes is 1. The third kappa shape index (κ3) is 8.80. The van der Waals surface area contributed by atoms with E-state index in [4.69, 9.17) is 6.42 Å². The number of carbonyl (C=O) groups is 4. The lowest BCUT2D eigenvalue weighted by Gasteiger charge is -2.35. The molecule has 1 aromatic rings. The number of benzene rings is 1. The SMILES string of the molecule is C#Cc1ccc(CNC(=O)[C@@H]2C[C@@H](O)CN2C(=O)[C@@H](NC(=O)CCCCCCC=O)C(C)(C)C)cc1. The molecule has 0 spiro atoms. The molecule has 2 rings (SSSR count). The van der Waals surface area contributed by atoms with E-state index in [1.54, 1.807) is 12.1 Å². The van der Waals surface area contributed by atoms with E-state index >= 15 is 0 Å². The van der Waals surface area contributed by atoms with E-state index in [-0.39, 0.29) is 43.7 Å². The van der Waals surface area contributed by atoms with E-state index in [0.717, 1.165) is 36.7 Å². The Bertz CT molecular complexity index is 945. The number of hydrogen-bond donors (Lipinski definition) is 3. The molecule has 8 heteroatoms. The van der Waals surface area contributed by atoms with Gasteiger partial charge >= 0.3 is 0 Å². The Labute approximate surface area is 214 Å². The van der Waals surface area contributed by atoms with Crippen molar-refractivity contribution >= 4 is 24.0 Å². The molecule has 3 amide bonds. The second-order valence-electron chi connectivity index (χ2n) is 10.4. The zero-order valence-electron chi connectivity index (χ0n) is 21.6. The quantitative estimate of drug-likeness (QED) is 0.233. The number of aliphatic hydroxyl groups is 1. The first kappa shape index (κ1) is 29.1. The maximum Gasteiger partial charge on any atom is 0.246 e. The average molecular weight is 498 g/mol. The third-order valence-electron chi connectivity index (χ3n) is 6.35. The largest absolute Gasteiger partial charge is 0.391 e. The highest BCUT2D eigenvalue weighted by Gasteiger charge is 2.44. The maximum atomic E-state index is 13.5. The molecule has 196 valence electrons. The molecule has 3 N–H and O–H groups in total. The molecule has 0 saturated carbocycles. The van der Waals surface area contributed by atoms with Crippen LogP contribution in [0.2, 0.25) is 0 Å². The number of hydrogen-bond acceptors (Lipinski definition) is 5. The van der Waals surface area contributed by atoms with Crippen LogP contribution in [0.5, 0.6) is 0 Å². The van der Waals surface area contributed by atoms with Crippen molar-refractivity contribution in [3.8, 4) is 12.3 Å². The maximum absolute atomic E-state index is 13.5. The fourth-order valence-electron chi connectivity index (χ4n) is 4.25. The zero-order chi connectivity index (χ0) is 26.7. The highest BCUT2D eigenvalue weighted by Crippen LogP contribution is 2.26. The predicted octanol–water partition coefficient (Wildman–Crippen LogP) is 2.32. The van der Waals surface area contributed by atoms with Crippen molar-refractivity contribution in [2.45, 2.75) is 90.4 Å². The first-order valence-corrected chi connectivity index (χ1v) is 12.6. The number of carbonyl (C=O) groups excluding carboxylic acids is 4. The van der Waals surface area contributed by atoms with Gasteiger partial charge in [0.25, 0.3) is 0 Å². The summed E-state index contributed by atoms with van der Waals surface area (Å²) in [4.78, 5) is 50.9. The molecule has 0 radical (unpaired) electrons. The molecule has 1 saturated heterocycles. The van der Waals surface area contributed by atoms with Crippen molar-refractivity contribution in [1.82, 2.24) is 15.5 Å². The van der Waals surface area contributed by atoms with E-state index in [9.17, 15) is 24.3 Å². The number of β-amino-alcohol motifs (C(OH)–C–C–N with tert-alkyl or cyclic N) is 1. The minimum absolute atomic E-state index is 0.0347. The Hall–Kier alpha value is -3.18. The molecule has 0 bridgehead atoms. The van der Waals surface area contributed by atoms with Crippen molar-refractivity contribution in [1.29, 1.82) is 0 Å². The summed E-state index contributed by atoms with van der Waals surface area (Å²) in [6, 6.07) is 5.58. The van der Waals surface area contributed by atoms with Gasteiger partial charge in [-0.1, -0.05) is 51.7 Å². The number of aldehydes is 1. The molecule has 8 nitrogen and oxygen atoms in total.